The largest absolute Gasteiger partial charge is 0.415 e. The van der Waals surface area contributed by atoms with Crippen LogP contribution in [0.4, 0.5) is 4.79 Å². The molecule has 0 saturated heterocycles. The second-order valence-electron chi connectivity index (χ2n) is 8.95. The van der Waals surface area contributed by atoms with Crippen molar-refractivity contribution < 1.29 is 14.3 Å². The maximum absolute atomic E-state index is 12.9. The van der Waals surface area contributed by atoms with Crippen LogP contribution in [0, 0.1) is 13.8 Å². The maximum atomic E-state index is 12.9. The molecule has 0 aliphatic rings. The fourth-order valence-corrected chi connectivity index (χ4v) is 5.39. The van der Waals surface area contributed by atoms with Gasteiger partial charge < -0.3 is 14.4 Å². The number of aryl methyl sites for hydroxylation is 2. The van der Waals surface area contributed by atoms with Gasteiger partial charge in [0.1, 0.15) is 10.8 Å². The number of aromatic nitrogens is 3. The average molecular weight is 513 g/mol. The number of ether oxygens (including phenoxy) is 2. The first-order chi connectivity index (χ1) is 17.9. The Labute approximate surface area is 219 Å². The van der Waals surface area contributed by atoms with Gasteiger partial charge in [-0.15, -0.1) is 11.3 Å². The van der Waals surface area contributed by atoms with Crippen LogP contribution in [0.1, 0.15) is 29.3 Å². The van der Waals surface area contributed by atoms with Crippen molar-refractivity contribution in [2.45, 2.75) is 33.9 Å². The van der Waals surface area contributed by atoms with E-state index >= 15 is 0 Å². The number of amides is 1. The lowest BCUT2D eigenvalue weighted by Crippen LogP contribution is -2.32. The summed E-state index contributed by atoms with van der Waals surface area (Å²) in [6.45, 7) is 7.42. The third kappa shape index (κ3) is 5.30. The van der Waals surface area contributed by atoms with Crippen LogP contribution in [0.15, 0.2) is 60.8 Å². The molecule has 0 bridgehead atoms. The molecule has 3 aromatic carbocycles. The topological polar surface area (TPSA) is 77.4 Å². The molecule has 188 valence electrons. The highest BCUT2D eigenvalue weighted by atomic mass is 32.1. The summed E-state index contributed by atoms with van der Waals surface area (Å²) in [4.78, 5) is 29.0. The second-order valence-corrected chi connectivity index (χ2v) is 9.98. The second kappa shape index (κ2) is 10.6. The summed E-state index contributed by atoms with van der Waals surface area (Å²) >= 11 is 1.55. The molecule has 2 aromatic heterocycles. The monoisotopic (exact) mass is 512 g/mol. The molecule has 0 fully saturated rings. The van der Waals surface area contributed by atoms with Gasteiger partial charge in [0.2, 0.25) is 0 Å². The Hall–Kier alpha value is -3.88. The SMILES string of the molecule is CCN(Cc1ccccc1)C(=O)Oc1cc(C)c2nc(-c3cc(C)cc4nc(COC)cnc34)sc2c1. The molecule has 8 heteroatoms. The van der Waals surface area contributed by atoms with E-state index in [-0.39, 0.29) is 6.09 Å². The van der Waals surface area contributed by atoms with E-state index in [1.807, 2.05) is 69.3 Å². The van der Waals surface area contributed by atoms with Gasteiger partial charge in [-0.1, -0.05) is 30.3 Å². The molecule has 5 rings (SSSR count). The van der Waals surface area contributed by atoms with E-state index in [0.29, 0.717) is 25.4 Å². The molecule has 0 aliphatic carbocycles. The Morgan fingerprint density at radius 2 is 1.84 bits per heavy atom. The summed E-state index contributed by atoms with van der Waals surface area (Å²) < 4.78 is 12.0. The number of thiazole rings is 1. The summed E-state index contributed by atoms with van der Waals surface area (Å²) in [5, 5.41) is 0.850. The first-order valence-electron chi connectivity index (χ1n) is 12.1. The summed E-state index contributed by atoms with van der Waals surface area (Å²) in [6, 6.07) is 17.8. The first kappa shape index (κ1) is 24.8. The van der Waals surface area contributed by atoms with Crippen LogP contribution in [0.3, 0.4) is 0 Å². The molecule has 2 heterocycles. The summed E-state index contributed by atoms with van der Waals surface area (Å²) in [6.07, 6.45) is 1.37. The zero-order valence-electron chi connectivity index (χ0n) is 21.3. The number of rotatable bonds is 7. The highest BCUT2D eigenvalue weighted by molar-refractivity contribution is 7.21. The van der Waals surface area contributed by atoms with Gasteiger partial charge in [-0.2, -0.15) is 0 Å². The van der Waals surface area contributed by atoms with Crippen LogP contribution in [-0.4, -0.2) is 39.6 Å². The molecule has 0 saturated carbocycles. The minimum atomic E-state index is -0.373. The molecule has 0 unspecified atom stereocenters. The highest BCUT2D eigenvalue weighted by Gasteiger charge is 2.18. The number of benzene rings is 3. The Bertz CT molecular complexity index is 1580. The third-order valence-corrected chi connectivity index (χ3v) is 7.12. The van der Waals surface area contributed by atoms with Crippen molar-refractivity contribution in [3.63, 3.8) is 0 Å². The Kier molecular flexibility index (Phi) is 7.12. The molecule has 5 aromatic rings. The molecule has 0 spiro atoms. The van der Waals surface area contributed by atoms with Gasteiger partial charge in [-0.3, -0.25) is 4.98 Å². The third-order valence-electron chi connectivity index (χ3n) is 6.08. The van der Waals surface area contributed by atoms with Crippen molar-refractivity contribution in [2.75, 3.05) is 13.7 Å². The van der Waals surface area contributed by atoms with Crippen LogP contribution in [0.25, 0.3) is 31.8 Å². The van der Waals surface area contributed by atoms with Crippen molar-refractivity contribution >= 4 is 38.7 Å². The van der Waals surface area contributed by atoms with Crippen LogP contribution in [0.5, 0.6) is 5.75 Å². The fraction of sp³-hybridized carbons (Fsp3) is 0.241. The summed E-state index contributed by atoms with van der Waals surface area (Å²) in [7, 11) is 1.64. The van der Waals surface area contributed by atoms with E-state index in [4.69, 9.17) is 19.4 Å². The molecule has 0 atom stereocenters. The summed E-state index contributed by atoms with van der Waals surface area (Å²) in [5.41, 5.74) is 7.30. The van der Waals surface area contributed by atoms with Crippen molar-refractivity contribution in [1.29, 1.82) is 0 Å². The van der Waals surface area contributed by atoms with Crippen molar-refractivity contribution in [3.05, 3.63) is 83.2 Å². The van der Waals surface area contributed by atoms with Gasteiger partial charge in [0.25, 0.3) is 0 Å². The van der Waals surface area contributed by atoms with Gasteiger partial charge in [-0.05, 0) is 55.7 Å². The van der Waals surface area contributed by atoms with E-state index < -0.39 is 0 Å². The quantitative estimate of drug-likeness (QED) is 0.242. The van der Waals surface area contributed by atoms with Gasteiger partial charge >= 0.3 is 6.09 Å². The molecule has 7 nitrogen and oxygen atoms in total. The molecule has 1 amide bonds. The van der Waals surface area contributed by atoms with Crippen molar-refractivity contribution in [1.82, 2.24) is 19.9 Å². The Morgan fingerprint density at radius 3 is 2.59 bits per heavy atom. The highest BCUT2D eigenvalue weighted by Crippen LogP contribution is 2.37. The lowest BCUT2D eigenvalue weighted by atomic mass is 10.1. The standard InChI is InChI=1S/C29H28N4O3S/c1-5-33(16-20-9-7-6-8-10-20)29(34)36-22-13-19(3)26-25(14-22)37-28(32-26)23-11-18(2)12-24-27(23)30-15-21(31-24)17-35-4/h6-15H,5,16-17H2,1-4H3. The predicted octanol–water partition coefficient (Wildman–Crippen LogP) is 6.69. The van der Waals surface area contributed by atoms with E-state index in [9.17, 15) is 4.79 Å². The van der Waals surface area contributed by atoms with E-state index in [1.54, 1.807) is 29.5 Å². The Morgan fingerprint density at radius 1 is 1.03 bits per heavy atom. The number of carbonyl (C=O) groups is 1. The average Bonchev–Trinajstić information content (AvgIpc) is 3.32. The van der Waals surface area contributed by atoms with Crippen LogP contribution >= 0.6 is 11.3 Å². The lowest BCUT2D eigenvalue weighted by molar-refractivity contribution is 0.152. The van der Waals surface area contributed by atoms with Gasteiger partial charge in [0.05, 0.1) is 39.7 Å². The van der Waals surface area contributed by atoms with Crippen molar-refractivity contribution in [2.24, 2.45) is 0 Å². The number of carbonyl (C=O) groups excluding carboxylic acids is 1. The van der Waals surface area contributed by atoms with E-state index in [0.717, 1.165) is 54.2 Å². The zero-order chi connectivity index (χ0) is 25.9. The Balaban J connectivity index is 1.46. The maximum Gasteiger partial charge on any atom is 0.415 e. The van der Waals surface area contributed by atoms with Crippen LogP contribution < -0.4 is 4.74 Å². The zero-order valence-corrected chi connectivity index (χ0v) is 22.1. The lowest BCUT2D eigenvalue weighted by Gasteiger charge is -2.20. The fourth-order valence-electron chi connectivity index (χ4n) is 4.30. The van der Waals surface area contributed by atoms with Gasteiger partial charge in [0.15, 0.2) is 0 Å². The van der Waals surface area contributed by atoms with Crippen LogP contribution in [-0.2, 0) is 17.9 Å². The molecule has 0 N–H and O–H groups in total. The predicted molar refractivity (Wildman–Crippen MR) is 147 cm³/mol. The number of hydrogen-bond acceptors (Lipinski definition) is 7. The smallest absolute Gasteiger partial charge is 0.410 e. The molecule has 0 aliphatic heterocycles. The number of fused-ring (bicyclic) bond motifs is 2. The van der Waals surface area contributed by atoms with Crippen molar-refractivity contribution in [3.8, 4) is 16.3 Å². The number of methoxy groups -OCH3 is 1. The normalized spacial score (nSPS) is 11.2. The molecular weight excluding hydrogens is 484 g/mol. The molecule has 0 radical (unpaired) electrons. The van der Waals surface area contributed by atoms with Gasteiger partial charge in [-0.25, -0.2) is 14.8 Å². The van der Waals surface area contributed by atoms with Crippen LogP contribution in [0.2, 0.25) is 0 Å². The van der Waals surface area contributed by atoms with E-state index in [2.05, 4.69) is 11.1 Å². The minimum Gasteiger partial charge on any atom is -0.410 e. The number of nitrogens with zero attached hydrogens (tertiary/aromatic N) is 4. The van der Waals surface area contributed by atoms with E-state index in [1.165, 1.54) is 0 Å². The first-order valence-corrected chi connectivity index (χ1v) is 12.9. The number of hydrogen-bond donors (Lipinski definition) is 0. The molecule has 37 heavy (non-hydrogen) atoms. The molecular formula is C29H28N4O3S. The summed E-state index contributed by atoms with van der Waals surface area (Å²) in [5.74, 6) is 0.509. The van der Waals surface area contributed by atoms with Gasteiger partial charge in [0, 0.05) is 31.8 Å². The minimum absolute atomic E-state index is 0.373.